The number of benzene rings is 1. The maximum atomic E-state index is 12.5. The quantitative estimate of drug-likeness (QED) is 0.358. The van der Waals surface area contributed by atoms with Gasteiger partial charge in [0.25, 0.3) is 0 Å². The third kappa shape index (κ3) is 4.00. The highest BCUT2D eigenvalue weighted by molar-refractivity contribution is 7.89. The molecule has 0 saturated carbocycles. The summed E-state index contributed by atoms with van der Waals surface area (Å²) in [6.45, 7) is 2.13. The Labute approximate surface area is 176 Å². The summed E-state index contributed by atoms with van der Waals surface area (Å²) in [5.41, 5.74) is 0.431. The fourth-order valence-electron chi connectivity index (χ4n) is 2.75. The summed E-state index contributed by atoms with van der Waals surface area (Å²) in [6.07, 6.45) is 0. The van der Waals surface area contributed by atoms with Crippen LogP contribution >= 0.6 is 0 Å². The van der Waals surface area contributed by atoms with E-state index in [1.807, 2.05) is 19.1 Å². The average Bonchev–Trinajstić information content (AvgIpc) is 3.35. The number of aryl methyl sites for hydroxylation is 1. The lowest BCUT2D eigenvalue weighted by Crippen LogP contribution is -2.22. The van der Waals surface area contributed by atoms with Crippen LogP contribution in [0.15, 0.2) is 44.3 Å². The number of nitrogens with one attached hydrogen (secondary N) is 2. The second-order valence-corrected chi connectivity index (χ2v) is 8.88. The van der Waals surface area contributed by atoms with Crippen molar-refractivity contribution < 1.29 is 22.6 Å². The van der Waals surface area contributed by atoms with Crippen LogP contribution in [-0.4, -0.2) is 52.2 Å². The summed E-state index contributed by atoms with van der Waals surface area (Å²) in [6, 6.07) is 7.98. The maximum Gasteiger partial charge on any atom is 0.246 e. The first-order valence-electron chi connectivity index (χ1n) is 9.06. The normalized spacial score (nSPS) is 11.9. The van der Waals surface area contributed by atoms with Crippen LogP contribution in [0.2, 0.25) is 0 Å². The van der Waals surface area contributed by atoms with Crippen LogP contribution in [0.5, 0.6) is 5.75 Å². The number of fused-ring (bicyclic) bond motifs is 1. The lowest BCUT2D eigenvalue weighted by atomic mass is 10.3. The number of phenols is 1. The molecule has 13 heteroatoms. The molecule has 0 atom stereocenters. The molecule has 3 heterocycles. The molecule has 0 aliphatic carbocycles. The third-order valence-electron chi connectivity index (χ3n) is 4.35. The molecule has 0 unspecified atom stereocenters. The molecule has 0 radical (unpaired) electrons. The van der Waals surface area contributed by atoms with Gasteiger partial charge in [0.1, 0.15) is 16.4 Å². The van der Waals surface area contributed by atoms with E-state index in [0.717, 1.165) is 10.1 Å². The van der Waals surface area contributed by atoms with Gasteiger partial charge in [-0.1, -0.05) is 6.07 Å². The Kier molecular flexibility index (Phi) is 5.20. The van der Waals surface area contributed by atoms with Gasteiger partial charge in [-0.25, -0.2) is 27.3 Å². The smallest absolute Gasteiger partial charge is 0.246 e. The first-order valence-corrected chi connectivity index (χ1v) is 10.5. The molecular formula is C18H19N7O5S. The minimum atomic E-state index is -3.86. The van der Waals surface area contributed by atoms with Crippen LogP contribution in [0.4, 0.5) is 17.3 Å². The van der Waals surface area contributed by atoms with Crippen molar-refractivity contribution in [3.8, 4) is 5.75 Å². The summed E-state index contributed by atoms with van der Waals surface area (Å²) in [5, 5.41) is 24.0. The van der Waals surface area contributed by atoms with E-state index in [1.165, 1.54) is 32.3 Å². The summed E-state index contributed by atoms with van der Waals surface area (Å²) >= 11 is 0. The molecule has 0 saturated heterocycles. The number of hydrogen-bond acceptors (Lipinski definition) is 11. The first-order chi connectivity index (χ1) is 14.8. The summed E-state index contributed by atoms with van der Waals surface area (Å²) < 4.78 is 36.2. The van der Waals surface area contributed by atoms with Gasteiger partial charge in [0.2, 0.25) is 21.3 Å². The number of aromatic nitrogens is 4. The second kappa shape index (κ2) is 7.85. The molecule has 0 amide bonds. The van der Waals surface area contributed by atoms with E-state index in [2.05, 4.69) is 35.5 Å². The van der Waals surface area contributed by atoms with E-state index in [4.69, 9.17) is 4.42 Å². The maximum absolute atomic E-state index is 12.5. The monoisotopic (exact) mass is 445 g/mol. The Balaban J connectivity index is 1.71. The van der Waals surface area contributed by atoms with Crippen LogP contribution in [0, 0.1) is 6.92 Å². The predicted octanol–water partition coefficient (Wildman–Crippen LogP) is 2.23. The Hall–Kier alpha value is -3.71. The molecule has 0 aliphatic rings. The van der Waals surface area contributed by atoms with Crippen molar-refractivity contribution in [2.75, 3.05) is 24.7 Å². The highest BCUT2D eigenvalue weighted by atomic mass is 32.2. The SMILES string of the molecule is Cc1ccc(CNc2nc3nonc3nc2Nc2cccc(S(=O)(=O)N(C)C)c2O)o1. The molecule has 0 fully saturated rings. The molecule has 1 aromatic carbocycles. The van der Waals surface area contributed by atoms with Gasteiger partial charge in [0.15, 0.2) is 17.4 Å². The number of rotatable bonds is 7. The van der Waals surface area contributed by atoms with Gasteiger partial charge in [-0.15, -0.1) is 0 Å². The number of para-hydroxylation sites is 1. The highest BCUT2D eigenvalue weighted by Crippen LogP contribution is 2.35. The number of furan rings is 1. The standard InChI is InChI=1S/C18H19N7O5S/c1-10-7-8-11(29-10)9-19-15-16(22-18-17(21-15)23-30-24-18)20-12-5-4-6-13(14(12)26)31(27,28)25(2)3/h4-8,26H,9H2,1-3H3,(H,19,21,23)(H,20,22,24). The van der Waals surface area contributed by atoms with E-state index in [1.54, 1.807) is 0 Å². The van der Waals surface area contributed by atoms with Gasteiger partial charge in [-0.3, -0.25) is 0 Å². The first kappa shape index (κ1) is 20.6. The number of anilines is 3. The van der Waals surface area contributed by atoms with Crippen molar-refractivity contribution >= 4 is 38.6 Å². The van der Waals surface area contributed by atoms with Gasteiger partial charge < -0.3 is 20.2 Å². The molecule has 4 rings (SSSR count). The topological polar surface area (TPSA) is 160 Å². The van der Waals surface area contributed by atoms with Crippen molar-refractivity contribution in [2.45, 2.75) is 18.4 Å². The van der Waals surface area contributed by atoms with Crippen molar-refractivity contribution in [1.82, 2.24) is 24.6 Å². The van der Waals surface area contributed by atoms with E-state index < -0.39 is 15.8 Å². The van der Waals surface area contributed by atoms with Crippen LogP contribution < -0.4 is 10.6 Å². The van der Waals surface area contributed by atoms with E-state index >= 15 is 0 Å². The van der Waals surface area contributed by atoms with Crippen LogP contribution in [0.1, 0.15) is 11.5 Å². The Bertz CT molecular complexity index is 1350. The summed E-state index contributed by atoms with van der Waals surface area (Å²) in [7, 11) is -1.10. The van der Waals surface area contributed by atoms with Crippen molar-refractivity contribution in [3.63, 3.8) is 0 Å². The lowest BCUT2D eigenvalue weighted by Gasteiger charge is -2.16. The van der Waals surface area contributed by atoms with Gasteiger partial charge >= 0.3 is 0 Å². The number of sulfonamides is 1. The molecule has 0 bridgehead atoms. The Morgan fingerprint density at radius 2 is 1.77 bits per heavy atom. The molecule has 0 spiro atoms. The predicted molar refractivity (Wildman–Crippen MR) is 110 cm³/mol. The van der Waals surface area contributed by atoms with Gasteiger partial charge in [-0.2, -0.15) is 0 Å². The summed E-state index contributed by atoms with van der Waals surface area (Å²) in [4.78, 5) is 8.39. The number of hydrogen-bond donors (Lipinski definition) is 3. The fraction of sp³-hybridized carbons (Fsp3) is 0.222. The van der Waals surface area contributed by atoms with Gasteiger partial charge in [0.05, 0.1) is 12.2 Å². The number of nitrogens with zero attached hydrogens (tertiary/aromatic N) is 5. The average molecular weight is 445 g/mol. The zero-order valence-electron chi connectivity index (χ0n) is 16.8. The summed E-state index contributed by atoms with van der Waals surface area (Å²) in [5.74, 6) is 1.44. The van der Waals surface area contributed by atoms with E-state index in [9.17, 15) is 13.5 Å². The Morgan fingerprint density at radius 3 is 2.42 bits per heavy atom. The second-order valence-electron chi connectivity index (χ2n) is 6.76. The molecular weight excluding hydrogens is 426 g/mol. The van der Waals surface area contributed by atoms with Crippen molar-refractivity contribution in [2.24, 2.45) is 0 Å². The van der Waals surface area contributed by atoms with Gasteiger partial charge in [-0.05, 0) is 41.5 Å². The molecule has 162 valence electrons. The van der Waals surface area contributed by atoms with E-state index in [-0.39, 0.29) is 33.5 Å². The molecule has 4 aromatic rings. The lowest BCUT2D eigenvalue weighted by molar-refractivity contribution is 0.314. The van der Waals surface area contributed by atoms with Crippen molar-refractivity contribution in [3.05, 3.63) is 41.9 Å². The number of phenolic OH excluding ortho intramolecular Hbond substituents is 1. The zero-order valence-corrected chi connectivity index (χ0v) is 17.6. The fourth-order valence-corrected chi connectivity index (χ4v) is 3.75. The minimum absolute atomic E-state index is 0.116. The van der Waals surface area contributed by atoms with Gasteiger partial charge in [0, 0.05) is 14.1 Å². The van der Waals surface area contributed by atoms with Crippen LogP contribution in [0.3, 0.4) is 0 Å². The zero-order chi connectivity index (χ0) is 22.2. The molecule has 0 aliphatic heterocycles. The largest absolute Gasteiger partial charge is 0.504 e. The van der Waals surface area contributed by atoms with Crippen LogP contribution in [-0.2, 0) is 16.6 Å². The Morgan fingerprint density at radius 1 is 1.06 bits per heavy atom. The molecule has 3 N–H and O–H groups in total. The van der Waals surface area contributed by atoms with Crippen molar-refractivity contribution in [1.29, 1.82) is 0 Å². The number of aromatic hydroxyl groups is 1. The minimum Gasteiger partial charge on any atom is -0.504 e. The third-order valence-corrected chi connectivity index (χ3v) is 6.20. The van der Waals surface area contributed by atoms with Crippen LogP contribution in [0.25, 0.3) is 11.3 Å². The molecule has 12 nitrogen and oxygen atoms in total. The molecule has 3 aromatic heterocycles. The molecule has 31 heavy (non-hydrogen) atoms. The highest BCUT2D eigenvalue weighted by Gasteiger charge is 2.24. The van der Waals surface area contributed by atoms with E-state index in [0.29, 0.717) is 12.3 Å².